The van der Waals surface area contributed by atoms with E-state index in [0.29, 0.717) is 28.4 Å². The number of nitriles is 2. The van der Waals surface area contributed by atoms with Gasteiger partial charge in [0.25, 0.3) is 0 Å². The molecule has 2 rings (SSSR count). The van der Waals surface area contributed by atoms with Crippen LogP contribution in [0.2, 0.25) is 0 Å². The van der Waals surface area contributed by atoms with Crippen LogP contribution in [0.5, 0.6) is 5.75 Å². The van der Waals surface area contributed by atoms with Gasteiger partial charge in [-0.15, -0.1) is 0 Å². The monoisotopic (exact) mass is 250 g/mol. The van der Waals surface area contributed by atoms with Crippen molar-refractivity contribution in [3.05, 3.63) is 47.7 Å². The maximum absolute atomic E-state index is 9.09. The van der Waals surface area contributed by atoms with Crippen molar-refractivity contribution >= 4 is 11.5 Å². The minimum atomic E-state index is 0.463. The van der Waals surface area contributed by atoms with E-state index in [4.69, 9.17) is 15.3 Å². The number of hydrogen-bond acceptors (Lipinski definition) is 5. The van der Waals surface area contributed by atoms with E-state index in [1.807, 2.05) is 6.07 Å². The second-order valence-corrected chi connectivity index (χ2v) is 3.66. The zero-order chi connectivity index (χ0) is 13.7. The van der Waals surface area contributed by atoms with Crippen molar-refractivity contribution in [2.45, 2.75) is 0 Å². The van der Waals surface area contributed by atoms with Crippen molar-refractivity contribution in [1.29, 1.82) is 10.5 Å². The molecule has 5 nitrogen and oxygen atoms in total. The van der Waals surface area contributed by atoms with E-state index in [1.54, 1.807) is 30.3 Å². The van der Waals surface area contributed by atoms with Crippen molar-refractivity contribution in [1.82, 2.24) is 4.98 Å². The lowest BCUT2D eigenvalue weighted by Crippen LogP contribution is -1.99. The summed E-state index contributed by atoms with van der Waals surface area (Å²) in [4.78, 5) is 4.10. The molecule has 1 N–H and O–H groups in total. The summed E-state index contributed by atoms with van der Waals surface area (Å²) in [5, 5.41) is 20.8. The molecule has 19 heavy (non-hydrogen) atoms. The maximum Gasteiger partial charge on any atom is 0.143 e. The molecule has 0 bridgehead atoms. The van der Waals surface area contributed by atoms with Crippen molar-refractivity contribution in [2.75, 3.05) is 12.4 Å². The molecule has 0 unspecified atom stereocenters. The quantitative estimate of drug-likeness (QED) is 0.905. The summed E-state index contributed by atoms with van der Waals surface area (Å²) < 4.78 is 5.21. The molecule has 0 atom stereocenters. The molecule has 0 saturated carbocycles. The molecule has 0 aliphatic heterocycles. The number of rotatable bonds is 3. The van der Waals surface area contributed by atoms with Crippen LogP contribution in [0, 0.1) is 22.7 Å². The number of anilines is 2. The van der Waals surface area contributed by atoms with Gasteiger partial charge in [0.15, 0.2) is 0 Å². The molecule has 1 heterocycles. The Labute approximate surface area is 110 Å². The summed E-state index contributed by atoms with van der Waals surface area (Å²) in [6.45, 7) is 0. The Hall–Kier alpha value is -3.05. The van der Waals surface area contributed by atoms with Crippen molar-refractivity contribution in [2.24, 2.45) is 0 Å². The Kier molecular flexibility index (Phi) is 3.61. The Morgan fingerprint density at radius 1 is 1.16 bits per heavy atom. The maximum atomic E-state index is 9.09. The first-order valence-electron chi connectivity index (χ1n) is 5.48. The number of pyridine rings is 1. The first-order chi connectivity index (χ1) is 9.28. The van der Waals surface area contributed by atoms with Gasteiger partial charge in [0.1, 0.15) is 29.4 Å². The van der Waals surface area contributed by atoms with E-state index in [9.17, 15) is 0 Å². The van der Waals surface area contributed by atoms with Gasteiger partial charge in [-0.05, 0) is 24.3 Å². The van der Waals surface area contributed by atoms with Gasteiger partial charge in [0.05, 0.1) is 18.2 Å². The van der Waals surface area contributed by atoms with E-state index in [1.165, 1.54) is 13.3 Å². The van der Waals surface area contributed by atoms with Crippen LogP contribution in [0.4, 0.5) is 11.5 Å². The van der Waals surface area contributed by atoms with Gasteiger partial charge in [0.2, 0.25) is 0 Å². The Bertz CT molecular complexity index is 665. The normalized spacial score (nSPS) is 9.21. The van der Waals surface area contributed by atoms with Crippen LogP contribution >= 0.6 is 0 Å². The van der Waals surface area contributed by atoms with E-state index in [-0.39, 0.29) is 0 Å². The van der Waals surface area contributed by atoms with Gasteiger partial charge in [-0.2, -0.15) is 10.5 Å². The summed E-state index contributed by atoms with van der Waals surface area (Å²) in [6, 6.07) is 12.6. The number of nitrogens with zero attached hydrogens (tertiary/aromatic N) is 3. The van der Waals surface area contributed by atoms with E-state index >= 15 is 0 Å². The minimum Gasteiger partial charge on any atom is -0.495 e. The van der Waals surface area contributed by atoms with E-state index in [0.717, 1.165) is 0 Å². The zero-order valence-electron chi connectivity index (χ0n) is 10.2. The van der Waals surface area contributed by atoms with Crippen LogP contribution < -0.4 is 10.1 Å². The van der Waals surface area contributed by atoms with E-state index < -0.39 is 0 Å². The third-order valence-corrected chi connectivity index (χ3v) is 2.51. The number of hydrogen-bond donors (Lipinski definition) is 1. The van der Waals surface area contributed by atoms with Crippen LogP contribution in [0.15, 0.2) is 36.5 Å². The average molecular weight is 250 g/mol. The highest BCUT2D eigenvalue weighted by Crippen LogP contribution is 2.30. The van der Waals surface area contributed by atoms with Gasteiger partial charge in [-0.25, -0.2) is 4.98 Å². The summed E-state index contributed by atoms with van der Waals surface area (Å²) in [5.41, 5.74) is 1.50. The second kappa shape index (κ2) is 5.52. The van der Waals surface area contributed by atoms with Crippen molar-refractivity contribution in [3.8, 4) is 17.9 Å². The minimum absolute atomic E-state index is 0.463. The Balaban J connectivity index is 2.37. The molecular weight excluding hydrogens is 240 g/mol. The molecule has 0 fully saturated rings. The molecule has 1 aromatic carbocycles. The summed E-state index contributed by atoms with van der Waals surface area (Å²) >= 11 is 0. The van der Waals surface area contributed by atoms with Crippen molar-refractivity contribution in [3.63, 3.8) is 0 Å². The zero-order valence-corrected chi connectivity index (χ0v) is 10.2. The van der Waals surface area contributed by atoms with Crippen LogP contribution in [0.3, 0.4) is 0 Å². The van der Waals surface area contributed by atoms with Crippen LogP contribution in [0.1, 0.15) is 11.1 Å². The molecule has 0 aliphatic carbocycles. The number of ether oxygens (including phenoxy) is 1. The predicted molar refractivity (Wildman–Crippen MR) is 69.9 cm³/mol. The SMILES string of the molecule is COc1cccc(C#N)c1Nc1ccc(C#N)cn1. The van der Waals surface area contributed by atoms with Crippen molar-refractivity contribution < 1.29 is 4.74 Å². The third-order valence-electron chi connectivity index (χ3n) is 2.51. The number of aromatic nitrogens is 1. The van der Waals surface area contributed by atoms with E-state index in [2.05, 4.69) is 16.4 Å². The Morgan fingerprint density at radius 3 is 2.58 bits per heavy atom. The number of nitrogens with one attached hydrogen (secondary N) is 1. The largest absolute Gasteiger partial charge is 0.495 e. The van der Waals surface area contributed by atoms with Gasteiger partial charge < -0.3 is 10.1 Å². The Morgan fingerprint density at radius 2 is 2.00 bits per heavy atom. The summed E-state index contributed by atoms with van der Waals surface area (Å²) in [5.74, 6) is 1.10. The first kappa shape index (κ1) is 12.4. The highest BCUT2D eigenvalue weighted by molar-refractivity contribution is 5.71. The van der Waals surface area contributed by atoms with Gasteiger partial charge in [-0.1, -0.05) is 6.07 Å². The van der Waals surface area contributed by atoms with Gasteiger partial charge >= 0.3 is 0 Å². The standard InChI is InChI=1S/C14H10N4O/c1-19-12-4-2-3-11(8-16)14(12)18-13-6-5-10(7-15)9-17-13/h2-6,9H,1H3,(H,17,18). The molecule has 0 radical (unpaired) electrons. The molecule has 0 amide bonds. The lowest BCUT2D eigenvalue weighted by molar-refractivity contribution is 0.416. The third kappa shape index (κ3) is 2.62. The smallest absolute Gasteiger partial charge is 0.143 e. The summed E-state index contributed by atoms with van der Waals surface area (Å²) in [7, 11) is 1.54. The van der Waals surface area contributed by atoms with Gasteiger partial charge in [0, 0.05) is 6.20 Å². The molecule has 2 aromatic rings. The molecule has 92 valence electrons. The highest BCUT2D eigenvalue weighted by Gasteiger charge is 2.09. The van der Waals surface area contributed by atoms with Crippen LogP contribution in [0.25, 0.3) is 0 Å². The van der Waals surface area contributed by atoms with Crippen LogP contribution in [-0.2, 0) is 0 Å². The molecular formula is C14H10N4O. The lowest BCUT2D eigenvalue weighted by Gasteiger charge is -2.11. The number of para-hydroxylation sites is 1. The number of methoxy groups -OCH3 is 1. The average Bonchev–Trinajstić information content (AvgIpc) is 2.48. The highest BCUT2D eigenvalue weighted by atomic mass is 16.5. The first-order valence-corrected chi connectivity index (χ1v) is 5.48. The second-order valence-electron chi connectivity index (χ2n) is 3.66. The number of benzene rings is 1. The topological polar surface area (TPSA) is 81.7 Å². The van der Waals surface area contributed by atoms with Crippen LogP contribution in [-0.4, -0.2) is 12.1 Å². The summed E-state index contributed by atoms with van der Waals surface area (Å²) in [6.07, 6.45) is 1.46. The fraction of sp³-hybridized carbons (Fsp3) is 0.0714. The molecule has 1 aromatic heterocycles. The molecule has 0 saturated heterocycles. The molecule has 0 aliphatic rings. The fourth-order valence-electron chi connectivity index (χ4n) is 1.59. The lowest BCUT2D eigenvalue weighted by atomic mass is 10.1. The molecule has 5 heteroatoms. The predicted octanol–water partition coefficient (Wildman–Crippen LogP) is 2.58. The fourth-order valence-corrected chi connectivity index (χ4v) is 1.59. The molecule has 0 spiro atoms. The van der Waals surface area contributed by atoms with Gasteiger partial charge in [-0.3, -0.25) is 0 Å².